The molecule has 1 aromatic heterocycles. The summed E-state index contributed by atoms with van der Waals surface area (Å²) in [6, 6.07) is 7.61. The van der Waals surface area contributed by atoms with Crippen LogP contribution in [0.1, 0.15) is 59.2 Å². The van der Waals surface area contributed by atoms with Gasteiger partial charge in [-0.3, -0.25) is 9.59 Å². The number of aromatic amines is 1. The van der Waals surface area contributed by atoms with Crippen molar-refractivity contribution in [3.05, 3.63) is 30.1 Å². The lowest BCUT2D eigenvalue weighted by Gasteiger charge is -2.42. The Hall–Kier alpha value is -2.41. The minimum Gasteiger partial charge on any atom is -0.342 e. The number of imidazole rings is 1. The summed E-state index contributed by atoms with van der Waals surface area (Å²) in [5.74, 6) is 2.57. The molecule has 3 heterocycles. The molecular formula is C27H41N5O2. The van der Waals surface area contributed by atoms with Crippen molar-refractivity contribution in [1.29, 1.82) is 0 Å². The number of hydrogen-bond acceptors (Lipinski definition) is 4. The molecule has 0 saturated carbocycles. The molecule has 0 bridgehead atoms. The second kappa shape index (κ2) is 10.9. The van der Waals surface area contributed by atoms with E-state index in [0.29, 0.717) is 24.3 Å². The van der Waals surface area contributed by atoms with Gasteiger partial charge in [0.1, 0.15) is 11.9 Å². The van der Waals surface area contributed by atoms with Gasteiger partial charge in [-0.05, 0) is 55.6 Å². The average molecular weight is 468 g/mol. The molecule has 2 atom stereocenters. The molecule has 0 unspecified atom stereocenters. The number of likely N-dealkylation sites (tertiary alicyclic amines) is 1. The van der Waals surface area contributed by atoms with Crippen LogP contribution >= 0.6 is 0 Å². The van der Waals surface area contributed by atoms with Gasteiger partial charge in [-0.1, -0.05) is 39.8 Å². The molecule has 7 nitrogen and oxygen atoms in total. The number of aromatic nitrogens is 2. The van der Waals surface area contributed by atoms with Gasteiger partial charge < -0.3 is 20.1 Å². The maximum absolute atomic E-state index is 13.7. The van der Waals surface area contributed by atoms with Crippen LogP contribution in [0, 0.1) is 17.8 Å². The number of carbonyl (C=O) groups is 2. The molecule has 4 rings (SSSR count). The summed E-state index contributed by atoms with van der Waals surface area (Å²) in [5, 5.41) is 3.37. The maximum atomic E-state index is 13.7. The number of fused-ring (bicyclic) bond motifs is 1. The van der Waals surface area contributed by atoms with E-state index in [4.69, 9.17) is 4.98 Å². The molecule has 2 aliphatic rings. The van der Waals surface area contributed by atoms with Crippen LogP contribution in [0.3, 0.4) is 0 Å². The van der Waals surface area contributed by atoms with Crippen molar-refractivity contribution in [3.8, 4) is 0 Å². The highest BCUT2D eigenvalue weighted by Gasteiger charge is 2.39. The molecule has 2 fully saturated rings. The third-order valence-electron chi connectivity index (χ3n) is 7.23. The van der Waals surface area contributed by atoms with E-state index in [1.807, 2.05) is 28.0 Å². The highest BCUT2D eigenvalue weighted by atomic mass is 16.2. The number of piperazine rings is 1. The number of nitrogens with zero attached hydrogens (tertiary/aromatic N) is 3. The van der Waals surface area contributed by atoms with Gasteiger partial charge in [0.05, 0.1) is 17.1 Å². The van der Waals surface area contributed by atoms with E-state index < -0.39 is 0 Å². The Kier molecular flexibility index (Phi) is 7.91. The van der Waals surface area contributed by atoms with E-state index in [2.05, 4.69) is 44.1 Å². The van der Waals surface area contributed by atoms with Crippen LogP contribution in [-0.4, -0.2) is 69.8 Å². The minimum absolute atomic E-state index is 0.0960. The number of para-hydroxylation sites is 2. The summed E-state index contributed by atoms with van der Waals surface area (Å²) in [6.45, 7) is 11.4. The van der Waals surface area contributed by atoms with Crippen LogP contribution in [0.2, 0.25) is 0 Å². The molecule has 7 heteroatoms. The molecule has 2 N–H and O–H groups in total. The summed E-state index contributed by atoms with van der Waals surface area (Å²) in [7, 11) is 0. The molecule has 1 aromatic carbocycles. The number of rotatable bonds is 8. The molecule has 2 aromatic rings. The van der Waals surface area contributed by atoms with E-state index >= 15 is 0 Å². The number of amides is 2. The molecule has 0 aliphatic carbocycles. The van der Waals surface area contributed by atoms with Crippen molar-refractivity contribution in [2.75, 3.05) is 26.2 Å². The fourth-order valence-corrected chi connectivity index (χ4v) is 5.47. The molecule has 2 aliphatic heterocycles. The number of piperidine rings is 1. The maximum Gasteiger partial charge on any atom is 0.245 e. The highest BCUT2D eigenvalue weighted by molar-refractivity contribution is 5.90. The number of benzene rings is 1. The van der Waals surface area contributed by atoms with Gasteiger partial charge in [0.25, 0.3) is 0 Å². The Bertz CT molecular complexity index is 943. The summed E-state index contributed by atoms with van der Waals surface area (Å²) < 4.78 is 0. The van der Waals surface area contributed by atoms with Gasteiger partial charge in [-0.2, -0.15) is 0 Å². The first-order valence-electron chi connectivity index (χ1n) is 13.1. The van der Waals surface area contributed by atoms with E-state index in [0.717, 1.165) is 68.6 Å². The normalized spacial score (nSPS) is 21.1. The van der Waals surface area contributed by atoms with Gasteiger partial charge in [-0.25, -0.2) is 4.98 Å². The Morgan fingerprint density at radius 2 is 1.82 bits per heavy atom. The van der Waals surface area contributed by atoms with E-state index in [9.17, 15) is 9.59 Å². The fourth-order valence-electron chi connectivity index (χ4n) is 5.47. The molecule has 186 valence electrons. The second-order valence-corrected chi connectivity index (χ2v) is 11.0. The molecule has 0 radical (unpaired) electrons. The lowest BCUT2D eigenvalue weighted by Crippen LogP contribution is -2.62. The zero-order valence-electron chi connectivity index (χ0n) is 21.2. The fraction of sp³-hybridized carbons (Fsp3) is 0.667. The van der Waals surface area contributed by atoms with Crippen molar-refractivity contribution >= 4 is 22.8 Å². The lowest BCUT2D eigenvalue weighted by atomic mass is 9.91. The average Bonchev–Trinajstić information content (AvgIpc) is 3.21. The van der Waals surface area contributed by atoms with E-state index in [-0.39, 0.29) is 23.9 Å². The van der Waals surface area contributed by atoms with Crippen LogP contribution in [0.15, 0.2) is 24.3 Å². The third kappa shape index (κ3) is 5.80. The Morgan fingerprint density at radius 3 is 2.50 bits per heavy atom. The quantitative estimate of drug-likeness (QED) is 0.622. The van der Waals surface area contributed by atoms with Gasteiger partial charge in [-0.15, -0.1) is 0 Å². The standard InChI is InChI=1S/C27H41N5O2/c1-18(2)15-23-26(33)32(14-11-28-23)24(16-19(3)4)27(34)31-12-9-20(10-13-31)17-25-29-21-7-5-6-8-22(21)30-25/h5-8,18-20,23-24,28H,9-17H2,1-4H3,(H,29,30)/t23-,24-/m0/s1. The summed E-state index contributed by atoms with van der Waals surface area (Å²) >= 11 is 0. The van der Waals surface area contributed by atoms with E-state index in [1.54, 1.807) is 0 Å². The topological polar surface area (TPSA) is 81.3 Å². The lowest BCUT2D eigenvalue weighted by molar-refractivity contribution is -0.150. The van der Waals surface area contributed by atoms with Crippen LogP contribution < -0.4 is 5.32 Å². The largest absolute Gasteiger partial charge is 0.342 e. The zero-order chi connectivity index (χ0) is 24.2. The predicted molar refractivity (Wildman–Crippen MR) is 135 cm³/mol. The smallest absolute Gasteiger partial charge is 0.245 e. The number of H-pyrrole nitrogens is 1. The van der Waals surface area contributed by atoms with Crippen molar-refractivity contribution in [2.24, 2.45) is 17.8 Å². The monoisotopic (exact) mass is 467 g/mol. The van der Waals surface area contributed by atoms with Gasteiger partial charge in [0.2, 0.25) is 11.8 Å². The molecule has 2 saturated heterocycles. The second-order valence-electron chi connectivity index (χ2n) is 11.0. The number of hydrogen-bond donors (Lipinski definition) is 2. The Labute approximate surface area is 203 Å². The first kappa shape index (κ1) is 24.7. The van der Waals surface area contributed by atoms with Gasteiger partial charge >= 0.3 is 0 Å². The van der Waals surface area contributed by atoms with Crippen molar-refractivity contribution in [3.63, 3.8) is 0 Å². The molecular weight excluding hydrogens is 426 g/mol. The predicted octanol–water partition coefficient (Wildman–Crippen LogP) is 3.61. The van der Waals surface area contributed by atoms with Crippen LogP contribution in [0.4, 0.5) is 0 Å². The summed E-state index contributed by atoms with van der Waals surface area (Å²) in [4.78, 5) is 39.0. The van der Waals surface area contributed by atoms with Crippen LogP contribution in [-0.2, 0) is 16.0 Å². The molecule has 34 heavy (non-hydrogen) atoms. The van der Waals surface area contributed by atoms with Gasteiger partial charge in [0, 0.05) is 32.6 Å². The van der Waals surface area contributed by atoms with Gasteiger partial charge in [0.15, 0.2) is 0 Å². The third-order valence-corrected chi connectivity index (χ3v) is 7.23. The number of nitrogens with one attached hydrogen (secondary N) is 2. The SMILES string of the molecule is CC(C)C[C@@H]1NCCN([C@@H](CC(C)C)C(=O)N2CCC(Cc3nc4ccccc4[nH]3)CC2)C1=O. The Balaban J connectivity index is 1.38. The minimum atomic E-state index is -0.351. The van der Waals surface area contributed by atoms with Crippen molar-refractivity contribution in [2.45, 2.75) is 71.9 Å². The van der Waals surface area contributed by atoms with Crippen LogP contribution in [0.5, 0.6) is 0 Å². The summed E-state index contributed by atoms with van der Waals surface area (Å²) in [6.07, 6.45) is 4.40. The highest BCUT2D eigenvalue weighted by Crippen LogP contribution is 2.25. The first-order chi connectivity index (χ1) is 16.3. The molecule has 2 amide bonds. The Morgan fingerprint density at radius 1 is 1.09 bits per heavy atom. The van der Waals surface area contributed by atoms with Crippen LogP contribution in [0.25, 0.3) is 11.0 Å². The number of carbonyl (C=O) groups excluding carboxylic acids is 2. The van der Waals surface area contributed by atoms with Crippen molar-refractivity contribution in [1.82, 2.24) is 25.1 Å². The molecule has 0 spiro atoms. The summed E-state index contributed by atoms with van der Waals surface area (Å²) in [5.41, 5.74) is 2.09. The zero-order valence-corrected chi connectivity index (χ0v) is 21.2. The van der Waals surface area contributed by atoms with Crippen molar-refractivity contribution < 1.29 is 9.59 Å². The first-order valence-corrected chi connectivity index (χ1v) is 13.1. The van der Waals surface area contributed by atoms with E-state index in [1.165, 1.54) is 0 Å².